The lowest BCUT2D eigenvalue weighted by Gasteiger charge is -2.26. The number of aromatic carboxylic acids is 1. The molecule has 0 saturated heterocycles. The van der Waals surface area contributed by atoms with Gasteiger partial charge in [-0.05, 0) is 80.4 Å². The number of aromatic nitrogens is 5. The Morgan fingerprint density at radius 3 is 2.36 bits per heavy atom. The number of carboxylic acid groups (broad SMARTS) is 1. The van der Waals surface area contributed by atoms with Gasteiger partial charge in [-0.3, -0.25) is 4.98 Å². The van der Waals surface area contributed by atoms with Crippen LogP contribution in [0.4, 0.5) is 0 Å². The molecular formula is C37H32ClN5O2. The highest BCUT2D eigenvalue weighted by Crippen LogP contribution is 2.38. The maximum absolute atomic E-state index is 12.2. The zero-order valence-electron chi connectivity index (χ0n) is 25.2. The summed E-state index contributed by atoms with van der Waals surface area (Å²) in [5, 5.41) is 22.3. The van der Waals surface area contributed by atoms with Crippen LogP contribution in [-0.2, 0) is 11.8 Å². The van der Waals surface area contributed by atoms with Gasteiger partial charge in [0.2, 0.25) is 0 Å². The second-order valence-electron chi connectivity index (χ2n) is 12.0. The molecule has 0 radical (unpaired) electrons. The second-order valence-corrected chi connectivity index (χ2v) is 12.5. The van der Waals surface area contributed by atoms with E-state index in [1.54, 1.807) is 17.1 Å². The molecule has 1 N–H and O–H groups in total. The maximum atomic E-state index is 12.2. The van der Waals surface area contributed by atoms with Crippen LogP contribution in [0.5, 0.6) is 0 Å². The average molecular weight is 614 g/mol. The van der Waals surface area contributed by atoms with Crippen LogP contribution >= 0.6 is 11.6 Å². The molecule has 0 spiro atoms. The van der Waals surface area contributed by atoms with Crippen LogP contribution in [0, 0.1) is 0 Å². The number of carbonyl (C=O) groups is 1. The van der Waals surface area contributed by atoms with Crippen LogP contribution in [-0.4, -0.2) is 36.3 Å². The van der Waals surface area contributed by atoms with Gasteiger partial charge in [0.15, 0.2) is 0 Å². The van der Waals surface area contributed by atoms with Crippen molar-refractivity contribution in [1.29, 1.82) is 0 Å². The first-order chi connectivity index (χ1) is 21.7. The van der Waals surface area contributed by atoms with E-state index >= 15 is 0 Å². The highest BCUT2D eigenvalue weighted by molar-refractivity contribution is 6.31. The summed E-state index contributed by atoms with van der Waals surface area (Å²) in [5.74, 6) is -0.979. The average Bonchev–Trinajstić information content (AvgIpc) is 3.58. The Kier molecular flexibility index (Phi) is 8.28. The minimum atomic E-state index is -0.924. The zero-order valence-corrected chi connectivity index (χ0v) is 26.0. The molecule has 1 unspecified atom stereocenters. The Hall–Kier alpha value is -5.14. The van der Waals surface area contributed by atoms with Gasteiger partial charge < -0.3 is 5.11 Å². The van der Waals surface area contributed by atoms with E-state index in [0.29, 0.717) is 10.6 Å². The number of tetrazole rings is 1. The van der Waals surface area contributed by atoms with Gasteiger partial charge in [0, 0.05) is 34.0 Å². The van der Waals surface area contributed by atoms with E-state index < -0.39 is 5.97 Å². The highest BCUT2D eigenvalue weighted by atomic mass is 35.5. The monoisotopic (exact) mass is 613 g/mol. The minimum absolute atomic E-state index is 0.0551. The van der Waals surface area contributed by atoms with Gasteiger partial charge in [-0.2, -0.15) is 4.68 Å². The molecule has 8 heteroatoms. The molecule has 6 rings (SSSR count). The van der Waals surface area contributed by atoms with Crippen molar-refractivity contribution >= 4 is 17.6 Å². The zero-order chi connectivity index (χ0) is 31.6. The van der Waals surface area contributed by atoms with Crippen molar-refractivity contribution in [3.8, 4) is 27.9 Å². The minimum Gasteiger partial charge on any atom is -0.478 e. The predicted molar refractivity (Wildman–Crippen MR) is 177 cm³/mol. The summed E-state index contributed by atoms with van der Waals surface area (Å²) in [6, 6.07) is 34.0. The SMILES string of the molecule is CC(C)(C)c1c(C(=O)O)cccc1-c1cccc(C(Cc2ccccc2)c2ccc(-c3cc(Cl)ccc3-n3cnnn3)cn2)c1. The largest absolute Gasteiger partial charge is 0.478 e. The predicted octanol–water partition coefficient (Wildman–Crippen LogP) is 8.42. The van der Waals surface area contributed by atoms with Crippen LogP contribution in [0.2, 0.25) is 5.02 Å². The summed E-state index contributed by atoms with van der Waals surface area (Å²) in [7, 11) is 0. The summed E-state index contributed by atoms with van der Waals surface area (Å²) in [4.78, 5) is 17.2. The smallest absolute Gasteiger partial charge is 0.336 e. The first kappa shape index (κ1) is 29.9. The fraction of sp³-hybridized carbons (Fsp3) is 0.162. The van der Waals surface area contributed by atoms with Gasteiger partial charge in [0.25, 0.3) is 0 Å². The molecule has 4 aromatic carbocycles. The normalized spacial score (nSPS) is 12.2. The number of benzene rings is 4. The van der Waals surface area contributed by atoms with Crippen LogP contribution in [0.15, 0.2) is 116 Å². The molecule has 2 aromatic heterocycles. The number of halogens is 1. The lowest BCUT2D eigenvalue weighted by atomic mass is 9.78. The molecule has 1 atom stereocenters. The van der Waals surface area contributed by atoms with Crippen molar-refractivity contribution in [1.82, 2.24) is 25.2 Å². The molecule has 0 bridgehead atoms. The summed E-state index contributed by atoms with van der Waals surface area (Å²) in [6.07, 6.45) is 4.16. The molecule has 0 fully saturated rings. The van der Waals surface area contributed by atoms with Crippen molar-refractivity contribution < 1.29 is 9.90 Å². The van der Waals surface area contributed by atoms with Crippen LogP contribution in [0.1, 0.15) is 59.4 Å². The van der Waals surface area contributed by atoms with Gasteiger partial charge in [-0.25, -0.2) is 4.79 Å². The van der Waals surface area contributed by atoms with Gasteiger partial charge >= 0.3 is 5.97 Å². The maximum Gasteiger partial charge on any atom is 0.336 e. The quantitative estimate of drug-likeness (QED) is 0.185. The summed E-state index contributed by atoms with van der Waals surface area (Å²) in [6.45, 7) is 6.16. The second kappa shape index (κ2) is 12.5. The molecule has 6 aromatic rings. The molecule has 7 nitrogen and oxygen atoms in total. The third kappa shape index (κ3) is 6.40. The number of hydrogen-bond donors (Lipinski definition) is 1. The van der Waals surface area contributed by atoms with E-state index in [1.807, 2.05) is 60.8 Å². The molecular weight excluding hydrogens is 582 g/mol. The molecule has 0 saturated carbocycles. The Labute approximate surface area is 267 Å². The first-order valence-electron chi connectivity index (χ1n) is 14.7. The van der Waals surface area contributed by atoms with Crippen molar-refractivity contribution in [2.45, 2.75) is 38.5 Å². The Balaban J connectivity index is 1.44. The number of carboxylic acids is 1. The van der Waals surface area contributed by atoms with Gasteiger partial charge in [-0.15, -0.1) is 5.10 Å². The number of nitrogens with zero attached hydrogens (tertiary/aromatic N) is 5. The highest BCUT2D eigenvalue weighted by Gasteiger charge is 2.26. The molecule has 0 amide bonds. The van der Waals surface area contributed by atoms with Crippen molar-refractivity contribution in [2.75, 3.05) is 0 Å². The van der Waals surface area contributed by atoms with E-state index in [4.69, 9.17) is 16.6 Å². The van der Waals surface area contributed by atoms with E-state index in [-0.39, 0.29) is 11.3 Å². The van der Waals surface area contributed by atoms with Gasteiger partial charge in [-0.1, -0.05) is 105 Å². The fourth-order valence-corrected chi connectivity index (χ4v) is 6.10. The number of hydrogen-bond acceptors (Lipinski definition) is 5. The lowest BCUT2D eigenvalue weighted by molar-refractivity contribution is 0.0694. The van der Waals surface area contributed by atoms with Gasteiger partial charge in [0.1, 0.15) is 6.33 Å². The first-order valence-corrected chi connectivity index (χ1v) is 15.1. The lowest BCUT2D eigenvalue weighted by Crippen LogP contribution is -2.18. The van der Waals surface area contributed by atoms with E-state index in [0.717, 1.165) is 51.2 Å². The summed E-state index contributed by atoms with van der Waals surface area (Å²) in [5.41, 5.74) is 8.41. The molecule has 45 heavy (non-hydrogen) atoms. The van der Waals surface area contributed by atoms with E-state index in [9.17, 15) is 9.90 Å². The molecule has 2 heterocycles. The Morgan fingerprint density at radius 2 is 1.67 bits per heavy atom. The Bertz CT molecular complexity index is 1950. The molecule has 0 aliphatic carbocycles. The van der Waals surface area contributed by atoms with Gasteiger partial charge in [0.05, 0.1) is 11.3 Å². The Morgan fingerprint density at radius 1 is 0.867 bits per heavy atom. The third-order valence-corrected chi connectivity index (χ3v) is 8.17. The van der Waals surface area contributed by atoms with Crippen molar-refractivity contribution in [2.24, 2.45) is 0 Å². The third-order valence-electron chi connectivity index (χ3n) is 7.94. The fourth-order valence-electron chi connectivity index (χ4n) is 5.93. The van der Waals surface area contributed by atoms with Crippen molar-refractivity contribution in [3.63, 3.8) is 0 Å². The topological polar surface area (TPSA) is 93.8 Å². The molecule has 0 aliphatic rings. The van der Waals surface area contributed by atoms with E-state index in [2.05, 4.69) is 78.8 Å². The van der Waals surface area contributed by atoms with Crippen LogP contribution in [0.3, 0.4) is 0 Å². The van der Waals surface area contributed by atoms with Crippen LogP contribution < -0.4 is 0 Å². The van der Waals surface area contributed by atoms with Crippen LogP contribution in [0.25, 0.3) is 27.9 Å². The number of rotatable bonds is 8. The summed E-state index contributed by atoms with van der Waals surface area (Å²) < 4.78 is 1.61. The standard InChI is InChI=1S/C37H32ClN5O2/c1-37(2,3)35-29(13-8-14-30(35)36(44)45)25-11-7-12-26(20-25)31(19-24-9-5-4-6-10-24)33-17-15-27(22-39-33)32-21-28(38)16-18-34(32)43-23-40-41-42-43/h4-18,20-23,31H,19H2,1-3H3,(H,44,45). The molecule has 0 aliphatic heterocycles. The number of pyridine rings is 1. The molecule has 224 valence electrons. The van der Waals surface area contributed by atoms with Crippen molar-refractivity contribution in [3.05, 3.63) is 149 Å². The summed E-state index contributed by atoms with van der Waals surface area (Å²) >= 11 is 6.40. The van der Waals surface area contributed by atoms with E-state index in [1.165, 1.54) is 5.56 Å².